The molecule has 0 saturated carbocycles. The van der Waals surface area contributed by atoms with Gasteiger partial charge in [0.15, 0.2) is 0 Å². The highest BCUT2D eigenvalue weighted by atomic mass is 35.5. The van der Waals surface area contributed by atoms with Gasteiger partial charge in [0, 0.05) is 25.8 Å². The fourth-order valence-electron chi connectivity index (χ4n) is 1.33. The zero-order valence-corrected chi connectivity index (χ0v) is 9.45. The van der Waals surface area contributed by atoms with Crippen molar-refractivity contribution in [3.8, 4) is 0 Å². The molecule has 0 saturated heterocycles. The molecule has 1 aromatic heterocycles. The SMILES string of the molecule is C=CCN(CC=C)Cc1ccc(Cl)nc1. The van der Waals surface area contributed by atoms with Gasteiger partial charge in [-0.2, -0.15) is 0 Å². The Morgan fingerprint density at radius 3 is 2.40 bits per heavy atom. The second-order valence-corrected chi connectivity index (χ2v) is 3.65. The topological polar surface area (TPSA) is 16.1 Å². The van der Waals surface area contributed by atoms with Crippen molar-refractivity contribution in [3.05, 3.63) is 54.4 Å². The van der Waals surface area contributed by atoms with Crippen LogP contribution in [0, 0.1) is 0 Å². The van der Waals surface area contributed by atoms with Crippen LogP contribution in [0.2, 0.25) is 5.15 Å². The zero-order valence-electron chi connectivity index (χ0n) is 8.69. The van der Waals surface area contributed by atoms with Gasteiger partial charge in [0.1, 0.15) is 5.15 Å². The normalized spacial score (nSPS) is 10.3. The van der Waals surface area contributed by atoms with E-state index in [1.54, 1.807) is 12.3 Å². The number of rotatable bonds is 6. The van der Waals surface area contributed by atoms with Crippen molar-refractivity contribution in [1.82, 2.24) is 9.88 Å². The zero-order chi connectivity index (χ0) is 11.1. The van der Waals surface area contributed by atoms with Crippen LogP contribution in [-0.2, 0) is 6.54 Å². The van der Waals surface area contributed by atoms with E-state index in [0.717, 1.165) is 25.2 Å². The van der Waals surface area contributed by atoms with Crippen molar-refractivity contribution in [3.63, 3.8) is 0 Å². The smallest absolute Gasteiger partial charge is 0.129 e. The molecule has 0 aliphatic carbocycles. The highest BCUT2D eigenvalue weighted by Crippen LogP contribution is 2.07. The Balaban J connectivity index is 2.60. The van der Waals surface area contributed by atoms with Gasteiger partial charge < -0.3 is 0 Å². The summed E-state index contributed by atoms with van der Waals surface area (Å²) in [4.78, 5) is 6.25. The van der Waals surface area contributed by atoms with E-state index >= 15 is 0 Å². The minimum Gasteiger partial charge on any atom is -0.292 e. The molecule has 0 fully saturated rings. The summed E-state index contributed by atoms with van der Waals surface area (Å²) in [5, 5.41) is 0.526. The predicted molar refractivity (Wildman–Crippen MR) is 64.9 cm³/mol. The van der Waals surface area contributed by atoms with E-state index in [1.807, 2.05) is 18.2 Å². The molecule has 15 heavy (non-hydrogen) atoms. The molecular formula is C12H15ClN2. The van der Waals surface area contributed by atoms with E-state index in [2.05, 4.69) is 23.0 Å². The lowest BCUT2D eigenvalue weighted by Crippen LogP contribution is -2.23. The minimum atomic E-state index is 0.526. The summed E-state index contributed by atoms with van der Waals surface area (Å²) in [5.41, 5.74) is 1.14. The maximum absolute atomic E-state index is 5.71. The van der Waals surface area contributed by atoms with Gasteiger partial charge in [-0.25, -0.2) is 4.98 Å². The van der Waals surface area contributed by atoms with Gasteiger partial charge in [-0.05, 0) is 11.6 Å². The van der Waals surface area contributed by atoms with E-state index in [9.17, 15) is 0 Å². The van der Waals surface area contributed by atoms with Crippen LogP contribution < -0.4 is 0 Å². The predicted octanol–water partition coefficient (Wildman–Crippen LogP) is 2.91. The molecule has 0 unspecified atom stereocenters. The second kappa shape index (κ2) is 6.38. The molecule has 1 aromatic rings. The molecule has 0 aliphatic rings. The van der Waals surface area contributed by atoms with Crippen LogP contribution in [0.5, 0.6) is 0 Å². The van der Waals surface area contributed by atoms with Crippen LogP contribution in [-0.4, -0.2) is 23.0 Å². The van der Waals surface area contributed by atoms with Gasteiger partial charge in [-0.1, -0.05) is 29.8 Å². The first-order chi connectivity index (χ1) is 7.26. The molecule has 0 radical (unpaired) electrons. The van der Waals surface area contributed by atoms with Gasteiger partial charge in [-0.15, -0.1) is 13.2 Å². The van der Waals surface area contributed by atoms with Crippen molar-refractivity contribution in [2.45, 2.75) is 6.54 Å². The number of hydrogen-bond donors (Lipinski definition) is 0. The van der Waals surface area contributed by atoms with Gasteiger partial charge >= 0.3 is 0 Å². The summed E-state index contributed by atoms with van der Waals surface area (Å²) >= 11 is 5.71. The van der Waals surface area contributed by atoms with Gasteiger partial charge in [-0.3, -0.25) is 4.90 Å². The summed E-state index contributed by atoms with van der Waals surface area (Å²) < 4.78 is 0. The standard InChI is InChI=1S/C12H15ClN2/c1-3-7-15(8-4-2)10-11-5-6-12(13)14-9-11/h3-6,9H,1-2,7-8,10H2. The third kappa shape index (κ3) is 4.28. The molecule has 1 heterocycles. The molecule has 80 valence electrons. The third-order valence-corrected chi connectivity index (χ3v) is 2.19. The Hall–Kier alpha value is -1.12. The van der Waals surface area contributed by atoms with Gasteiger partial charge in [0.05, 0.1) is 0 Å². The van der Waals surface area contributed by atoms with Crippen molar-refractivity contribution >= 4 is 11.6 Å². The summed E-state index contributed by atoms with van der Waals surface area (Å²) in [6.45, 7) is 9.97. The first-order valence-electron chi connectivity index (χ1n) is 4.81. The lowest BCUT2D eigenvalue weighted by Gasteiger charge is -2.18. The van der Waals surface area contributed by atoms with E-state index in [4.69, 9.17) is 11.6 Å². The van der Waals surface area contributed by atoms with Crippen LogP contribution in [0.3, 0.4) is 0 Å². The fraction of sp³-hybridized carbons (Fsp3) is 0.250. The van der Waals surface area contributed by atoms with E-state index in [-0.39, 0.29) is 0 Å². The van der Waals surface area contributed by atoms with E-state index < -0.39 is 0 Å². The number of halogens is 1. The highest BCUT2D eigenvalue weighted by Gasteiger charge is 2.02. The number of pyridine rings is 1. The number of hydrogen-bond acceptors (Lipinski definition) is 2. The molecule has 1 rings (SSSR count). The summed E-state index contributed by atoms with van der Waals surface area (Å²) in [6, 6.07) is 3.78. The Morgan fingerprint density at radius 2 is 1.93 bits per heavy atom. The summed E-state index contributed by atoms with van der Waals surface area (Å²) in [7, 11) is 0. The van der Waals surface area contributed by atoms with Crippen molar-refractivity contribution in [1.29, 1.82) is 0 Å². The Bertz CT molecular complexity index is 309. The molecule has 0 spiro atoms. The van der Waals surface area contributed by atoms with Crippen molar-refractivity contribution in [2.75, 3.05) is 13.1 Å². The van der Waals surface area contributed by atoms with Crippen LogP contribution in [0.4, 0.5) is 0 Å². The lowest BCUT2D eigenvalue weighted by atomic mass is 10.2. The van der Waals surface area contributed by atoms with Crippen LogP contribution in [0.15, 0.2) is 43.6 Å². The molecule has 3 heteroatoms. The number of aromatic nitrogens is 1. The Kier molecular flexibility index (Phi) is 5.08. The summed E-state index contributed by atoms with van der Waals surface area (Å²) in [5.74, 6) is 0. The van der Waals surface area contributed by atoms with Crippen LogP contribution >= 0.6 is 11.6 Å². The molecule has 2 nitrogen and oxygen atoms in total. The molecule has 0 N–H and O–H groups in total. The quantitative estimate of drug-likeness (QED) is 0.544. The van der Waals surface area contributed by atoms with E-state index in [0.29, 0.717) is 5.15 Å². The maximum Gasteiger partial charge on any atom is 0.129 e. The largest absolute Gasteiger partial charge is 0.292 e. The van der Waals surface area contributed by atoms with E-state index in [1.165, 1.54) is 0 Å². The fourth-order valence-corrected chi connectivity index (χ4v) is 1.44. The Morgan fingerprint density at radius 1 is 1.27 bits per heavy atom. The molecule has 0 atom stereocenters. The average Bonchev–Trinajstić information content (AvgIpc) is 2.22. The maximum atomic E-state index is 5.71. The second-order valence-electron chi connectivity index (χ2n) is 3.26. The molecule has 0 bridgehead atoms. The minimum absolute atomic E-state index is 0.526. The first kappa shape index (κ1) is 12.0. The summed E-state index contributed by atoms with van der Waals surface area (Å²) in [6.07, 6.45) is 5.56. The molecular weight excluding hydrogens is 208 g/mol. The third-order valence-electron chi connectivity index (χ3n) is 1.97. The molecule has 0 amide bonds. The highest BCUT2D eigenvalue weighted by molar-refractivity contribution is 6.29. The molecule has 0 aromatic carbocycles. The van der Waals surface area contributed by atoms with Crippen molar-refractivity contribution < 1.29 is 0 Å². The molecule has 0 aliphatic heterocycles. The van der Waals surface area contributed by atoms with Crippen molar-refractivity contribution in [2.24, 2.45) is 0 Å². The van der Waals surface area contributed by atoms with Gasteiger partial charge in [0.2, 0.25) is 0 Å². The van der Waals surface area contributed by atoms with Crippen LogP contribution in [0.1, 0.15) is 5.56 Å². The van der Waals surface area contributed by atoms with Gasteiger partial charge in [0.25, 0.3) is 0 Å². The monoisotopic (exact) mass is 222 g/mol. The van der Waals surface area contributed by atoms with Crippen LogP contribution in [0.25, 0.3) is 0 Å². The average molecular weight is 223 g/mol. The Labute approximate surface area is 95.9 Å². The first-order valence-corrected chi connectivity index (χ1v) is 5.18. The number of nitrogens with zero attached hydrogens (tertiary/aromatic N) is 2. The lowest BCUT2D eigenvalue weighted by molar-refractivity contribution is 0.327.